The van der Waals surface area contributed by atoms with E-state index in [9.17, 15) is 18.0 Å². The number of rotatable bonds is 5. The summed E-state index contributed by atoms with van der Waals surface area (Å²) in [6, 6.07) is 5.65. The molecule has 1 rings (SSSR count). The van der Waals surface area contributed by atoms with Crippen molar-refractivity contribution in [3.05, 3.63) is 48.6 Å². The molecule has 0 radical (unpaired) electrons. The molecule has 0 aliphatic heterocycles. The minimum Gasteiger partial charge on any atom is -0.484 e. The number of nitrogens with one attached hydrogen (secondary N) is 1. The molecule has 0 aliphatic rings. The molecule has 0 aliphatic carbocycles. The fraction of sp³-hybridized carbons (Fsp3) is 0.214. The molecule has 108 valence electrons. The first kappa shape index (κ1) is 15.8. The number of benzene rings is 1. The van der Waals surface area contributed by atoms with E-state index >= 15 is 0 Å². The number of allylic oxidation sites excluding steroid dienone is 3. The zero-order valence-electron chi connectivity index (χ0n) is 10.8. The van der Waals surface area contributed by atoms with Gasteiger partial charge < -0.3 is 10.1 Å². The van der Waals surface area contributed by atoms with Crippen LogP contribution in [0.15, 0.2) is 48.6 Å². The standard InChI is InChI=1S/C14H14F3NO2/c1-2-3-4-5-13(19)18-11-6-8-12(9-7-11)20-10-14(15,16)17/h2-9H,10H2,1H3,(H,18,19)/b3-2+,5-4+. The van der Waals surface area contributed by atoms with Gasteiger partial charge in [0.2, 0.25) is 5.91 Å². The van der Waals surface area contributed by atoms with Gasteiger partial charge in [0.1, 0.15) is 5.75 Å². The Kier molecular flexibility index (Phi) is 5.83. The molecule has 0 bridgehead atoms. The third kappa shape index (κ3) is 6.63. The largest absolute Gasteiger partial charge is 0.484 e. The van der Waals surface area contributed by atoms with Crippen molar-refractivity contribution in [2.75, 3.05) is 11.9 Å². The quantitative estimate of drug-likeness (QED) is 0.661. The van der Waals surface area contributed by atoms with Crippen molar-refractivity contribution in [3.8, 4) is 5.75 Å². The molecule has 0 atom stereocenters. The summed E-state index contributed by atoms with van der Waals surface area (Å²) in [5.41, 5.74) is 0.472. The van der Waals surface area contributed by atoms with Gasteiger partial charge in [-0.3, -0.25) is 4.79 Å². The molecule has 1 aromatic carbocycles. The van der Waals surface area contributed by atoms with Crippen molar-refractivity contribution in [1.29, 1.82) is 0 Å². The van der Waals surface area contributed by atoms with Crippen LogP contribution in [-0.2, 0) is 4.79 Å². The maximum absolute atomic E-state index is 11.9. The lowest BCUT2D eigenvalue weighted by Gasteiger charge is -2.09. The Morgan fingerprint density at radius 3 is 2.45 bits per heavy atom. The normalized spacial score (nSPS) is 12.0. The van der Waals surface area contributed by atoms with Crippen LogP contribution in [0.1, 0.15) is 6.92 Å². The summed E-state index contributed by atoms with van der Waals surface area (Å²) in [5.74, 6) is -0.239. The second-order valence-corrected chi connectivity index (χ2v) is 3.80. The molecule has 1 aromatic rings. The van der Waals surface area contributed by atoms with Crippen molar-refractivity contribution in [3.63, 3.8) is 0 Å². The SMILES string of the molecule is C/C=C/C=C/C(=O)Nc1ccc(OCC(F)(F)F)cc1. The molecule has 0 aromatic heterocycles. The second-order valence-electron chi connectivity index (χ2n) is 3.80. The molecular formula is C14H14F3NO2. The molecule has 0 spiro atoms. The number of carbonyl (C=O) groups excluding carboxylic acids is 1. The van der Waals surface area contributed by atoms with Crippen LogP contribution >= 0.6 is 0 Å². The molecule has 0 unspecified atom stereocenters. The smallest absolute Gasteiger partial charge is 0.422 e. The number of amides is 1. The molecule has 20 heavy (non-hydrogen) atoms. The number of halogens is 3. The van der Waals surface area contributed by atoms with Crippen LogP contribution in [0.2, 0.25) is 0 Å². The van der Waals surface area contributed by atoms with Gasteiger partial charge in [0.25, 0.3) is 0 Å². The molecular weight excluding hydrogens is 271 g/mol. The molecule has 0 fully saturated rings. The Hall–Kier alpha value is -2.24. The predicted octanol–water partition coefficient (Wildman–Crippen LogP) is 3.70. The molecule has 1 amide bonds. The number of alkyl halides is 3. The summed E-state index contributed by atoms with van der Waals surface area (Å²) >= 11 is 0. The fourth-order valence-electron chi connectivity index (χ4n) is 1.24. The summed E-state index contributed by atoms with van der Waals surface area (Å²) in [6.45, 7) is 0.479. The van der Waals surface area contributed by atoms with Gasteiger partial charge in [0.05, 0.1) is 0 Å². The highest BCUT2D eigenvalue weighted by Crippen LogP contribution is 2.20. The lowest BCUT2D eigenvalue weighted by atomic mass is 10.3. The molecule has 6 heteroatoms. The number of hydrogen-bond acceptors (Lipinski definition) is 2. The van der Waals surface area contributed by atoms with E-state index in [2.05, 4.69) is 10.1 Å². The summed E-state index contributed by atoms with van der Waals surface area (Å²) < 4.78 is 40.4. The summed E-state index contributed by atoms with van der Waals surface area (Å²) in [4.78, 5) is 11.4. The van der Waals surface area contributed by atoms with E-state index in [1.165, 1.54) is 30.3 Å². The highest BCUT2D eigenvalue weighted by atomic mass is 19.4. The average Bonchev–Trinajstić information content (AvgIpc) is 2.37. The zero-order chi connectivity index (χ0) is 15.0. The first-order chi connectivity index (χ1) is 9.40. The summed E-state index contributed by atoms with van der Waals surface area (Å²) in [5, 5.41) is 2.56. The highest BCUT2D eigenvalue weighted by molar-refractivity contribution is 5.99. The second kappa shape index (κ2) is 7.37. The Bertz CT molecular complexity index is 490. The zero-order valence-corrected chi connectivity index (χ0v) is 10.8. The predicted molar refractivity (Wildman–Crippen MR) is 70.6 cm³/mol. The van der Waals surface area contributed by atoms with Crippen LogP contribution in [0, 0.1) is 0 Å². The van der Waals surface area contributed by atoms with Crippen LogP contribution in [0.5, 0.6) is 5.75 Å². The van der Waals surface area contributed by atoms with Gasteiger partial charge in [-0.15, -0.1) is 0 Å². The number of hydrogen-bond donors (Lipinski definition) is 1. The Balaban J connectivity index is 2.52. The molecule has 0 heterocycles. The Morgan fingerprint density at radius 1 is 1.25 bits per heavy atom. The topological polar surface area (TPSA) is 38.3 Å². The van der Waals surface area contributed by atoms with E-state index in [4.69, 9.17) is 0 Å². The molecule has 1 N–H and O–H groups in total. The van der Waals surface area contributed by atoms with Gasteiger partial charge in [0, 0.05) is 11.8 Å². The van der Waals surface area contributed by atoms with Crippen molar-refractivity contribution in [1.82, 2.24) is 0 Å². The number of anilines is 1. The van der Waals surface area contributed by atoms with Crippen molar-refractivity contribution in [2.45, 2.75) is 13.1 Å². The first-order valence-electron chi connectivity index (χ1n) is 5.80. The van der Waals surface area contributed by atoms with Crippen LogP contribution in [0.25, 0.3) is 0 Å². The van der Waals surface area contributed by atoms with E-state index in [0.29, 0.717) is 5.69 Å². The van der Waals surface area contributed by atoms with E-state index < -0.39 is 12.8 Å². The third-order valence-electron chi connectivity index (χ3n) is 2.08. The Labute approximate surface area is 114 Å². The Morgan fingerprint density at radius 2 is 1.90 bits per heavy atom. The maximum Gasteiger partial charge on any atom is 0.422 e. The fourth-order valence-corrected chi connectivity index (χ4v) is 1.24. The van der Waals surface area contributed by atoms with E-state index in [1.807, 2.05) is 6.92 Å². The van der Waals surface area contributed by atoms with E-state index in [-0.39, 0.29) is 11.7 Å². The van der Waals surface area contributed by atoms with Crippen molar-refractivity contribution < 1.29 is 22.7 Å². The summed E-state index contributed by atoms with van der Waals surface area (Å²) in [7, 11) is 0. The van der Waals surface area contributed by atoms with E-state index in [1.54, 1.807) is 18.2 Å². The molecule has 0 saturated carbocycles. The first-order valence-corrected chi connectivity index (χ1v) is 5.80. The van der Waals surface area contributed by atoms with Crippen LogP contribution < -0.4 is 10.1 Å². The van der Waals surface area contributed by atoms with Crippen LogP contribution in [-0.4, -0.2) is 18.7 Å². The van der Waals surface area contributed by atoms with Crippen molar-refractivity contribution >= 4 is 11.6 Å². The van der Waals surface area contributed by atoms with Gasteiger partial charge in [-0.25, -0.2) is 0 Å². The lowest BCUT2D eigenvalue weighted by Crippen LogP contribution is -2.19. The molecule has 0 saturated heterocycles. The minimum atomic E-state index is -4.37. The summed E-state index contributed by atoms with van der Waals surface area (Å²) in [6.07, 6.45) is 2.03. The van der Waals surface area contributed by atoms with E-state index in [0.717, 1.165) is 0 Å². The van der Waals surface area contributed by atoms with Crippen LogP contribution in [0.3, 0.4) is 0 Å². The van der Waals surface area contributed by atoms with Crippen LogP contribution in [0.4, 0.5) is 18.9 Å². The van der Waals surface area contributed by atoms with Gasteiger partial charge in [-0.1, -0.05) is 18.2 Å². The number of ether oxygens (including phenoxy) is 1. The maximum atomic E-state index is 11.9. The van der Waals surface area contributed by atoms with Gasteiger partial charge in [-0.2, -0.15) is 13.2 Å². The average molecular weight is 285 g/mol. The van der Waals surface area contributed by atoms with Gasteiger partial charge in [0.15, 0.2) is 6.61 Å². The van der Waals surface area contributed by atoms with Gasteiger partial charge in [-0.05, 0) is 31.2 Å². The molecule has 3 nitrogen and oxygen atoms in total. The van der Waals surface area contributed by atoms with Gasteiger partial charge >= 0.3 is 6.18 Å². The lowest BCUT2D eigenvalue weighted by molar-refractivity contribution is -0.153. The number of carbonyl (C=O) groups is 1. The third-order valence-corrected chi connectivity index (χ3v) is 2.08. The monoisotopic (exact) mass is 285 g/mol. The highest BCUT2D eigenvalue weighted by Gasteiger charge is 2.28. The van der Waals surface area contributed by atoms with Crippen molar-refractivity contribution in [2.24, 2.45) is 0 Å². The minimum absolute atomic E-state index is 0.0878.